The van der Waals surface area contributed by atoms with Crippen LogP contribution >= 0.6 is 0 Å². The molecule has 22 heavy (non-hydrogen) atoms. The highest BCUT2D eigenvalue weighted by molar-refractivity contribution is 5.95. The third kappa shape index (κ3) is 3.76. The Bertz CT molecular complexity index is 681. The summed E-state index contributed by atoms with van der Waals surface area (Å²) in [4.78, 5) is 11.9. The Morgan fingerprint density at radius 2 is 1.86 bits per heavy atom. The van der Waals surface area contributed by atoms with E-state index >= 15 is 0 Å². The molecule has 0 atom stereocenters. The normalized spacial score (nSPS) is 10.5. The Morgan fingerprint density at radius 1 is 1.14 bits per heavy atom. The summed E-state index contributed by atoms with van der Waals surface area (Å²) in [5.41, 5.74) is 3.48. The van der Waals surface area contributed by atoms with Crippen LogP contribution < -0.4 is 14.9 Å². The zero-order valence-electron chi connectivity index (χ0n) is 12.2. The van der Waals surface area contributed by atoms with Crippen LogP contribution in [0.1, 0.15) is 15.9 Å². The van der Waals surface area contributed by atoms with Gasteiger partial charge in [0.2, 0.25) is 0 Å². The van der Waals surface area contributed by atoms with Gasteiger partial charge in [0.15, 0.2) is 0 Å². The van der Waals surface area contributed by atoms with Gasteiger partial charge in [-0.2, -0.15) is 5.10 Å². The number of hydrazone groups is 1. The number of methoxy groups -OCH3 is 2. The van der Waals surface area contributed by atoms with Crippen LogP contribution in [0.4, 0.5) is 0 Å². The van der Waals surface area contributed by atoms with Gasteiger partial charge in [-0.25, -0.2) is 5.43 Å². The Balaban J connectivity index is 2.08. The molecule has 0 aliphatic heterocycles. The second kappa shape index (κ2) is 7.12. The molecule has 0 bridgehead atoms. The Morgan fingerprint density at radius 3 is 2.50 bits per heavy atom. The number of hydrogen-bond donors (Lipinski definition) is 2. The number of amides is 1. The third-order valence-electron chi connectivity index (χ3n) is 2.94. The van der Waals surface area contributed by atoms with Crippen molar-refractivity contribution in [3.63, 3.8) is 0 Å². The number of nitrogens with zero attached hydrogens (tertiary/aromatic N) is 1. The number of carbonyl (C=O) groups excluding carboxylic acids is 1. The van der Waals surface area contributed by atoms with Crippen LogP contribution in [0.3, 0.4) is 0 Å². The van der Waals surface area contributed by atoms with Crippen molar-refractivity contribution in [2.75, 3.05) is 14.2 Å². The number of phenols is 1. The number of nitrogens with one attached hydrogen (secondary N) is 1. The number of rotatable bonds is 5. The maximum atomic E-state index is 11.9. The molecule has 0 spiro atoms. The van der Waals surface area contributed by atoms with Crippen LogP contribution in [-0.2, 0) is 0 Å². The van der Waals surface area contributed by atoms with Crippen LogP contribution in [0.25, 0.3) is 0 Å². The van der Waals surface area contributed by atoms with Crippen molar-refractivity contribution in [3.8, 4) is 17.2 Å². The molecule has 2 aromatic carbocycles. The number of phenolic OH excluding ortho intramolecular Hbond substituents is 1. The SMILES string of the molecule is COc1ccc(OC)c(/C=N/NC(=O)c2ccc(O)cc2)c1. The van der Waals surface area contributed by atoms with Gasteiger partial charge < -0.3 is 14.6 Å². The highest BCUT2D eigenvalue weighted by Gasteiger charge is 2.05. The minimum absolute atomic E-state index is 0.0983. The van der Waals surface area contributed by atoms with E-state index in [2.05, 4.69) is 10.5 Å². The molecule has 1 amide bonds. The number of hydrogen-bond acceptors (Lipinski definition) is 5. The number of benzene rings is 2. The molecule has 2 aromatic rings. The quantitative estimate of drug-likeness (QED) is 0.655. The topological polar surface area (TPSA) is 80.2 Å². The maximum Gasteiger partial charge on any atom is 0.271 e. The molecule has 114 valence electrons. The van der Waals surface area contributed by atoms with Crippen molar-refractivity contribution in [3.05, 3.63) is 53.6 Å². The van der Waals surface area contributed by atoms with Crippen LogP contribution in [0.15, 0.2) is 47.6 Å². The van der Waals surface area contributed by atoms with E-state index in [1.807, 2.05) is 0 Å². The molecule has 6 heteroatoms. The fraction of sp³-hybridized carbons (Fsp3) is 0.125. The van der Waals surface area contributed by atoms with Gasteiger partial charge in [-0.1, -0.05) is 0 Å². The van der Waals surface area contributed by atoms with Gasteiger partial charge in [0, 0.05) is 11.1 Å². The Kier molecular flexibility index (Phi) is 4.98. The van der Waals surface area contributed by atoms with Gasteiger partial charge in [0.1, 0.15) is 17.2 Å². The zero-order valence-corrected chi connectivity index (χ0v) is 12.2. The van der Waals surface area contributed by atoms with Gasteiger partial charge in [0.25, 0.3) is 5.91 Å². The predicted molar refractivity (Wildman–Crippen MR) is 82.7 cm³/mol. The van der Waals surface area contributed by atoms with Crippen LogP contribution in [0.5, 0.6) is 17.2 Å². The standard InChI is InChI=1S/C16H16N2O4/c1-21-14-7-8-15(22-2)12(9-14)10-17-18-16(20)11-3-5-13(19)6-4-11/h3-10,19H,1-2H3,(H,18,20)/b17-10+. The summed E-state index contributed by atoms with van der Waals surface area (Å²) in [5, 5.41) is 13.1. The molecule has 0 radical (unpaired) electrons. The molecular formula is C16H16N2O4. The summed E-state index contributed by atoms with van der Waals surface area (Å²) in [7, 11) is 3.11. The summed E-state index contributed by atoms with van der Waals surface area (Å²) in [6.07, 6.45) is 1.47. The van der Waals surface area contributed by atoms with Crippen molar-refractivity contribution in [1.82, 2.24) is 5.43 Å². The maximum absolute atomic E-state index is 11.9. The van der Waals surface area contributed by atoms with E-state index in [0.717, 1.165) is 0 Å². The molecule has 0 unspecified atom stereocenters. The van der Waals surface area contributed by atoms with E-state index in [4.69, 9.17) is 9.47 Å². The van der Waals surface area contributed by atoms with E-state index in [1.165, 1.54) is 30.5 Å². The van der Waals surface area contributed by atoms with E-state index in [0.29, 0.717) is 22.6 Å². The average molecular weight is 300 g/mol. The molecule has 0 fully saturated rings. The first-order chi connectivity index (χ1) is 10.6. The minimum Gasteiger partial charge on any atom is -0.508 e. The highest BCUT2D eigenvalue weighted by Crippen LogP contribution is 2.22. The number of carbonyl (C=O) groups is 1. The first-order valence-corrected chi connectivity index (χ1v) is 6.48. The zero-order chi connectivity index (χ0) is 15.9. The molecule has 2 rings (SSSR count). The highest BCUT2D eigenvalue weighted by atomic mass is 16.5. The van der Waals surface area contributed by atoms with Gasteiger partial charge in [-0.3, -0.25) is 4.79 Å². The lowest BCUT2D eigenvalue weighted by atomic mass is 10.2. The molecule has 0 aliphatic carbocycles. The van der Waals surface area contributed by atoms with Crippen LogP contribution in [0, 0.1) is 0 Å². The van der Waals surface area contributed by atoms with Gasteiger partial charge in [0.05, 0.1) is 20.4 Å². The first-order valence-electron chi connectivity index (χ1n) is 6.48. The average Bonchev–Trinajstić information content (AvgIpc) is 2.55. The van der Waals surface area contributed by atoms with Crippen molar-refractivity contribution >= 4 is 12.1 Å². The fourth-order valence-corrected chi connectivity index (χ4v) is 1.78. The summed E-state index contributed by atoms with van der Waals surface area (Å²) >= 11 is 0. The predicted octanol–water partition coefficient (Wildman–Crippen LogP) is 2.17. The molecule has 0 aliphatic rings. The lowest BCUT2D eigenvalue weighted by Crippen LogP contribution is -2.17. The largest absolute Gasteiger partial charge is 0.508 e. The van der Waals surface area contributed by atoms with Gasteiger partial charge >= 0.3 is 0 Å². The molecular weight excluding hydrogens is 284 g/mol. The van der Waals surface area contributed by atoms with E-state index in [-0.39, 0.29) is 11.7 Å². The molecule has 0 saturated carbocycles. The number of ether oxygens (including phenoxy) is 2. The molecule has 6 nitrogen and oxygen atoms in total. The lowest BCUT2D eigenvalue weighted by molar-refractivity contribution is 0.0955. The van der Waals surface area contributed by atoms with Crippen molar-refractivity contribution in [2.24, 2.45) is 5.10 Å². The first kappa shape index (κ1) is 15.4. The van der Waals surface area contributed by atoms with Crippen LogP contribution in [0.2, 0.25) is 0 Å². The second-order valence-corrected chi connectivity index (χ2v) is 4.35. The van der Waals surface area contributed by atoms with Crippen molar-refractivity contribution < 1.29 is 19.4 Å². The molecule has 2 N–H and O–H groups in total. The summed E-state index contributed by atoms with van der Waals surface area (Å²) in [6, 6.07) is 11.1. The Hall–Kier alpha value is -3.02. The van der Waals surface area contributed by atoms with E-state index < -0.39 is 0 Å². The monoisotopic (exact) mass is 300 g/mol. The van der Waals surface area contributed by atoms with Gasteiger partial charge in [-0.05, 0) is 42.5 Å². The van der Waals surface area contributed by atoms with Crippen molar-refractivity contribution in [1.29, 1.82) is 0 Å². The van der Waals surface area contributed by atoms with Crippen LogP contribution in [-0.4, -0.2) is 31.4 Å². The fourth-order valence-electron chi connectivity index (χ4n) is 1.78. The smallest absolute Gasteiger partial charge is 0.271 e. The lowest BCUT2D eigenvalue weighted by Gasteiger charge is -2.06. The molecule has 0 aromatic heterocycles. The Labute approximate surface area is 128 Å². The third-order valence-corrected chi connectivity index (χ3v) is 2.94. The second-order valence-electron chi connectivity index (χ2n) is 4.35. The minimum atomic E-state index is -0.377. The summed E-state index contributed by atoms with van der Waals surface area (Å²) < 4.78 is 10.3. The number of aromatic hydroxyl groups is 1. The van der Waals surface area contributed by atoms with E-state index in [1.54, 1.807) is 32.4 Å². The molecule has 0 saturated heterocycles. The van der Waals surface area contributed by atoms with Gasteiger partial charge in [-0.15, -0.1) is 0 Å². The van der Waals surface area contributed by atoms with Crippen molar-refractivity contribution in [2.45, 2.75) is 0 Å². The summed E-state index contributed by atoms with van der Waals surface area (Å²) in [5.74, 6) is 0.995. The summed E-state index contributed by atoms with van der Waals surface area (Å²) in [6.45, 7) is 0. The molecule has 0 heterocycles. The van der Waals surface area contributed by atoms with E-state index in [9.17, 15) is 9.90 Å².